The molecule has 5 rings (SSSR count). The van der Waals surface area contributed by atoms with E-state index < -0.39 is 96.8 Å². The molecule has 43 heavy (non-hydrogen) atoms. The Hall–Kier alpha value is -3.86. The summed E-state index contributed by atoms with van der Waals surface area (Å²) in [6, 6.07) is 3.17. The first-order chi connectivity index (χ1) is 20.0. The van der Waals surface area contributed by atoms with Crippen LogP contribution in [0.2, 0.25) is 0 Å². The highest BCUT2D eigenvalue weighted by Crippen LogP contribution is 2.51. The van der Waals surface area contributed by atoms with Gasteiger partial charge in [0.15, 0.2) is 9.84 Å². The van der Waals surface area contributed by atoms with Crippen molar-refractivity contribution in [3.8, 4) is 0 Å². The third-order valence-corrected chi connectivity index (χ3v) is 12.6. The number of ether oxygens (including phenoxy) is 2. The normalized spacial score (nSPS) is 29.7. The summed E-state index contributed by atoms with van der Waals surface area (Å²) < 4.78 is 32.9. The lowest BCUT2D eigenvalue weighted by molar-refractivity contribution is -0.167. The fourth-order valence-corrected chi connectivity index (χ4v) is 9.66. The number of carboxylic acids is 1. The topological polar surface area (TPSA) is 206 Å². The van der Waals surface area contributed by atoms with Crippen molar-refractivity contribution in [2.24, 2.45) is 0 Å². The summed E-state index contributed by atoms with van der Waals surface area (Å²) in [7, 11) is -3.84. The number of rotatable bonds is 8. The van der Waals surface area contributed by atoms with Gasteiger partial charge in [0.05, 0.1) is 11.2 Å². The zero-order valence-corrected chi connectivity index (χ0v) is 25.1. The number of hydrogen-bond donors (Lipinski definition) is 3. The number of nitrogens with zero attached hydrogens (tertiary/aromatic N) is 2. The van der Waals surface area contributed by atoms with Crippen molar-refractivity contribution < 1.29 is 51.8 Å². The molecular formula is C26H30N4O11S2. The van der Waals surface area contributed by atoms with Crippen molar-refractivity contribution in [1.29, 1.82) is 0 Å². The maximum Gasteiger partial charge on any atom is 0.410 e. The van der Waals surface area contributed by atoms with Gasteiger partial charge in [-0.3, -0.25) is 14.4 Å². The number of esters is 1. The quantitative estimate of drug-likeness (QED) is 0.191. The van der Waals surface area contributed by atoms with Crippen molar-refractivity contribution in [2.75, 3.05) is 6.79 Å². The van der Waals surface area contributed by atoms with E-state index in [1.54, 1.807) is 44.2 Å². The molecule has 0 radical (unpaired) electrons. The molecule has 4 fully saturated rings. The highest BCUT2D eigenvalue weighted by molar-refractivity contribution is 8.01. The van der Waals surface area contributed by atoms with E-state index in [9.17, 15) is 42.3 Å². The second kappa shape index (κ2) is 10.4. The highest BCUT2D eigenvalue weighted by Gasteiger charge is 2.68. The third kappa shape index (κ3) is 4.77. The van der Waals surface area contributed by atoms with Crippen molar-refractivity contribution in [2.45, 2.75) is 78.5 Å². The van der Waals surface area contributed by atoms with Crippen molar-refractivity contribution in [1.82, 2.24) is 20.4 Å². The van der Waals surface area contributed by atoms with Crippen LogP contribution in [0.3, 0.4) is 0 Å². The van der Waals surface area contributed by atoms with Crippen LogP contribution in [0.25, 0.3) is 0 Å². The van der Waals surface area contributed by atoms with Crippen LogP contribution in [0.5, 0.6) is 0 Å². The molecule has 15 nitrogen and oxygen atoms in total. The van der Waals surface area contributed by atoms with Gasteiger partial charge in [-0.1, -0.05) is 30.3 Å². The zero-order valence-electron chi connectivity index (χ0n) is 23.5. The third-order valence-electron chi connectivity index (χ3n) is 8.22. The Bertz CT molecular complexity index is 1510. The Morgan fingerprint density at radius 1 is 1.05 bits per heavy atom. The van der Waals surface area contributed by atoms with Crippen LogP contribution in [0.15, 0.2) is 30.3 Å². The van der Waals surface area contributed by atoms with Crippen molar-refractivity contribution >= 4 is 57.4 Å². The Balaban J connectivity index is 1.21. The van der Waals surface area contributed by atoms with Gasteiger partial charge in [0.1, 0.15) is 34.9 Å². The minimum absolute atomic E-state index is 0.223. The Morgan fingerprint density at radius 3 is 2.30 bits per heavy atom. The summed E-state index contributed by atoms with van der Waals surface area (Å²) >= 11 is 1.24. The van der Waals surface area contributed by atoms with Crippen molar-refractivity contribution in [3.63, 3.8) is 0 Å². The number of benzene rings is 1. The van der Waals surface area contributed by atoms with Crippen LogP contribution in [-0.4, -0.2) is 104 Å². The summed E-state index contributed by atoms with van der Waals surface area (Å²) in [6.07, 6.45) is -1.39. The fourth-order valence-electron chi connectivity index (χ4n) is 5.92. The SMILES string of the molecule is CC1(C)S[C@@H]2[C@H](NC(=O)C(NC(=O)OCOC(=O)[C@@H]3N4C(=O)C[C@H]4S(=O)(=O)C3(C)C)c3ccccc3)C(=O)N2[C@H]1C(=O)O. The van der Waals surface area contributed by atoms with E-state index in [4.69, 9.17) is 9.47 Å². The average Bonchev–Trinajstić information content (AvgIpc) is 3.25. The largest absolute Gasteiger partial charge is 0.480 e. The van der Waals surface area contributed by atoms with Crippen LogP contribution in [-0.2, 0) is 43.3 Å². The van der Waals surface area contributed by atoms with Gasteiger partial charge >= 0.3 is 18.0 Å². The number of alkyl carbamates (subject to hydrolysis) is 1. The average molecular weight is 639 g/mol. The maximum absolute atomic E-state index is 13.3. The van der Waals surface area contributed by atoms with Crippen LogP contribution in [0.1, 0.15) is 45.7 Å². The fraction of sp³-hybridized carbons (Fsp3) is 0.538. The summed E-state index contributed by atoms with van der Waals surface area (Å²) in [4.78, 5) is 77.6. The monoisotopic (exact) mass is 638 g/mol. The van der Waals surface area contributed by atoms with Crippen LogP contribution in [0.4, 0.5) is 4.79 Å². The molecule has 3 N–H and O–H groups in total. The molecule has 4 amide bonds. The number of β-lactam (4-membered cyclic amide) rings is 2. The second-order valence-electron chi connectivity index (χ2n) is 11.6. The summed E-state index contributed by atoms with van der Waals surface area (Å²) in [6.45, 7) is 5.09. The Kier molecular flexibility index (Phi) is 7.40. The molecule has 0 aliphatic carbocycles. The standard InChI is InChI=1S/C26H30N4O11S2/c1-25(2)17(22(34)35)30-20(33)16(21(30)42-25)27-19(32)15(12-8-6-5-7-9-12)28-24(37)41-11-40-23(36)18-26(3,4)43(38,39)14-10-13(31)29(14)18/h5-9,14-18,21H,10-11H2,1-4H3,(H,27,32)(H,28,37)(H,34,35)/t14-,15?,16-,17+,18+,21-/m1/s1. The molecule has 0 bridgehead atoms. The number of nitrogens with one attached hydrogen (secondary N) is 2. The van der Waals surface area contributed by atoms with Crippen LogP contribution in [0, 0.1) is 0 Å². The van der Waals surface area contributed by atoms with E-state index in [0.717, 1.165) is 4.90 Å². The number of fused-ring (bicyclic) bond motifs is 2. The number of aliphatic carboxylic acids is 1. The first kappa shape index (κ1) is 30.6. The smallest absolute Gasteiger partial charge is 0.410 e. The molecule has 6 atom stereocenters. The number of carbonyl (C=O) groups excluding carboxylic acids is 5. The minimum atomic E-state index is -3.84. The summed E-state index contributed by atoms with van der Waals surface area (Å²) in [5.41, 5.74) is 0.334. The number of carboxylic acid groups (broad SMARTS) is 1. The van der Waals surface area contributed by atoms with Gasteiger partial charge in [0.25, 0.3) is 0 Å². The van der Waals surface area contributed by atoms with E-state index in [2.05, 4.69) is 10.6 Å². The first-order valence-corrected chi connectivity index (χ1v) is 15.7. The van der Waals surface area contributed by atoms with E-state index in [-0.39, 0.29) is 6.42 Å². The van der Waals surface area contributed by atoms with E-state index in [1.165, 1.54) is 30.5 Å². The predicted octanol–water partition coefficient (Wildman–Crippen LogP) is -0.280. The maximum atomic E-state index is 13.3. The van der Waals surface area contributed by atoms with Gasteiger partial charge in [-0.25, -0.2) is 22.8 Å². The second-order valence-corrected chi connectivity index (χ2v) is 16.1. The Morgan fingerprint density at radius 2 is 1.70 bits per heavy atom. The predicted molar refractivity (Wildman–Crippen MR) is 147 cm³/mol. The molecule has 0 aromatic heterocycles. The number of hydrogen-bond acceptors (Lipinski definition) is 11. The number of sulfone groups is 1. The Labute approximate surface area is 250 Å². The van der Waals surface area contributed by atoms with Crippen LogP contribution < -0.4 is 10.6 Å². The zero-order chi connectivity index (χ0) is 31.6. The minimum Gasteiger partial charge on any atom is -0.480 e. The van der Waals surface area contributed by atoms with E-state index >= 15 is 0 Å². The lowest BCUT2D eigenvalue weighted by Gasteiger charge is -2.43. The molecule has 1 unspecified atom stereocenters. The highest BCUT2D eigenvalue weighted by atomic mass is 32.2. The number of thioether (sulfide) groups is 1. The van der Waals surface area contributed by atoms with Gasteiger partial charge in [-0.2, -0.15) is 0 Å². The molecule has 0 saturated carbocycles. The lowest BCUT2D eigenvalue weighted by Crippen LogP contribution is -2.71. The van der Waals surface area contributed by atoms with E-state index in [1.807, 2.05) is 0 Å². The number of carbonyl (C=O) groups is 6. The molecule has 17 heteroatoms. The van der Waals surface area contributed by atoms with Gasteiger partial charge in [-0.05, 0) is 33.3 Å². The molecule has 1 aromatic carbocycles. The van der Waals surface area contributed by atoms with Gasteiger partial charge in [-0.15, -0.1) is 11.8 Å². The van der Waals surface area contributed by atoms with E-state index in [0.29, 0.717) is 5.56 Å². The molecular weight excluding hydrogens is 608 g/mol. The summed E-state index contributed by atoms with van der Waals surface area (Å²) in [5.74, 6) is -4.07. The molecule has 4 heterocycles. The van der Waals surface area contributed by atoms with Gasteiger partial charge in [0, 0.05) is 4.75 Å². The van der Waals surface area contributed by atoms with Crippen LogP contribution >= 0.6 is 11.8 Å². The molecule has 4 saturated heterocycles. The van der Waals surface area contributed by atoms with Gasteiger partial charge in [0.2, 0.25) is 24.5 Å². The summed E-state index contributed by atoms with van der Waals surface area (Å²) in [5, 5.41) is 12.8. The molecule has 4 aliphatic heterocycles. The molecule has 0 spiro atoms. The van der Waals surface area contributed by atoms with Gasteiger partial charge < -0.3 is 35.0 Å². The molecule has 232 valence electrons. The van der Waals surface area contributed by atoms with Crippen molar-refractivity contribution in [3.05, 3.63) is 35.9 Å². The molecule has 4 aliphatic rings. The number of amides is 4. The molecule has 1 aromatic rings. The lowest BCUT2D eigenvalue weighted by atomic mass is 9.95. The first-order valence-electron chi connectivity index (χ1n) is 13.2.